The molecule has 4 heteroatoms. The van der Waals surface area contributed by atoms with Gasteiger partial charge in [-0.25, -0.2) is 0 Å². The van der Waals surface area contributed by atoms with Crippen molar-refractivity contribution in [2.24, 2.45) is 5.92 Å². The molecule has 2 aliphatic carbocycles. The van der Waals surface area contributed by atoms with Gasteiger partial charge in [-0.3, -0.25) is 0 Å². The van der Waals surface area contributed by atoms with Crippen LogP contribution in [0.2, 0.25) is 0 Å². The predicted octanol–water partition coefficient (Wildman–Crippen LogP) is 7.34. The molecule has 3 unspecified atom stereocenters. The quantitative estimate of drug-likeness (QED) is 0.254. The normalized spacial score (nSPS) is 20.7. The molecule has 0 bridgehead atoms. The molecule has 2 aliphatic rings. The van der Waals surface area contributed by atoms with E-state index in [-0.39, 0.29) is 0 Å². The van der Waals surface area contributed by atoms with Crippen LogP contribution in [0.15, 0.2) is 60.7 Å². The second kappa shape index (κ2) is 21.7. The number of fused-ring (bicyclic) bond motifs is 3. The zero-order valence-electron chi connectivity index (χ0n) is 19.8. The third-order valence-electron chi connectivity index (χ3n) is 4.09. The Morgan fingerprint density at radius 1 is 0.828 bits per heavy atom. The van der Waals surface area contributed by atoms with Crippen molar-refractivity contribution < 1.29 is 20.4 Å². The molecule has 29 heavy (non-hydrogen) atoms. The van der Waals surface area contributed by atoms with Crippen LogP contribution in [0, 0.1) is 5.92 Å². The second-order valence-electron chi connectivity index (χ2n) is 6.69. The molecule has 0 radical (unpaired) electrons. The standard InChI is InChI=1S/C13H13.C6H10.3C2H6N.Ti/c1-3-7-12-10(5-1)9-11-6-2-4-8-13(11)12;1-3-5-6-4-2;3*1-3-2;/h1,3-5,7-9,11,13H,2,6H2;3-6H,1-2H3;3*1-2H3;/q;;3*-1;+3. The van der Waals surface area contributed by atoms with Crippen LogP contribution in [0.25, 0.3) is 16.0 Å². The Morgan fingerprint density at radius 3 is 1.72 bits per heavy atom. The fraction of sp³-hybridized carbons (Fsp3) is 0.520. The van der Waals surface area contributed by atoms with Crippen molar-refractivity contribution in [3.63, 3.8) is 0 Å². The molecule has 3 nitrogen and oxygen atoms in total. The summed E-state index contributed by atoms with van der Waals surface area (Å²) in [4.78, 5) is 0. The summed E-state index contributed by atoms with van der Waals surface area (Å²) in [5.74, 6) is 1.59. The van der Waals surface area contributed by atoms with Crippen molar-refractivity contribution in [1.82, 2.24) is 0 Å². The Hall–Kier alpha value is -0.966. The van der Waals surface area contributed by atoms with Gasteiger partial charge in [-0.1, -0.05) is 24.3 Å². The van der Waals surface area contributed by atoms with Crippen molar-refractivity contribution in [1.29, 1.82) is 0 Å². The molecule has 0 aromatic heterocycles. The van der Waals surface area contributed by atoms with E-state index in [1.54, 1.807) is 53.4 Å². The van der Waals surface area contributed by atoms with E-state index in [9.17, 15) is 0 Å². The van der Waals surface area contributed by atoms with E-state index in [0.717, 1.165) is 16.1 Å². The van der Waals surface area contributed by atoms with Crippen molar-refractivity contribution in [2.75, 3.05) is 42.3 Å². The summed E-state index contributed by atoms with van der Waals surface area (Å²) in [7, 11) is 10.5. The minimum absolute atomic E-state index is 0.718. The topological polar surface area (TPSA) is 42.3 Å². The summed E-state index contributed by atoms with van der Waals surface area (Å²) in [5, 5.41) is 10.5. The summed E-state index contributed by atoms with van der Waals surface area (Å²) in [6, 6.07) is 8.98. The second-order valence-corrected chi connectivity index (χ2v) is 7.67. The van der Waals surface area contributed by atoms with Crippen LogP contribution in [-0.4, -0.2) is 42.3 Å². The van der Waals surface area contributed by atoms with Crippen molar-refractivity contribution in [3.05, 3.63) is 87.8 Å². The van der Waals surface area contributed by atoms with Gasteiger partial charge in [0.25, 0.3) is 0 Å². The van der Waals surface area contributed by atoms with Gasteiger partial charge in [-0.15, -0.1) is 0 Å². The first-order valence-electron chi connectivity index (χ1n) is 10.2. The number of benzene rings is 1. The molecule has 160 valence electrons. The predicted molar refractivity (Wildman–Crippen MR) is 129 cm³/mol. The first-order valence-corrected chi connectivity index (χ1v) is 11.1. The number of hydrogen-bond acceptors (Lipinski definition) is 0. The van der Waals surface area contributed by atoms with Gasteiger partial charge >= 0.3 is 96.9 Å². The van der Waals surface area contributed by atoms with Crippen LogP contribution in [0.5, 0.6) is 0 Å². The van der Waals surface area contributed by atoms with Gasteiger partial charge in [0.2, 0.25) is 0 Å². The summed E-state index contributed by atoms with van der Waals surface area (Å²) >= 11 is 2.39. The van der Waals surface area contributed by atoms with E-state index >= 15 is 0 Å². The van der Waals surface area contributed by atoms with Crippen molar-refractivity contribution >= 4 is 0 Å². The fourth-order valence-corrected chi connectivity index (χ4v) is 4.11. The molecule has 0 N–H and O–H groups in total. The number of rotatable bonds is 1. The summed E-state index contributed by atoms with van der Waals surface area (Å²) in [5.41, 5.74) is 3.18. The van der Waals surface area contributed by atoms with Crippen LogP contribution >= 0.6 is 0 Å². The third kappa shape index (κ3) is 13.0. The van der Waals surface area contributed by atoms with Crippen LogP contribution in [0.3, 0.4) is 0 Å². The van der Waals surface area contributed by atoms with Gasteiger partial charge in [-0.05, 0) is 13.8 Å². The molecule has 0 spiro atoms. The Morgan fingerprint density at radius 2 is 1.28 bits per heavy atom. The van der Waals surface area contributed by atoms with Crippen LogP contribution in [0.4, 0.5) is 0 Å². The van der Waals surface area contributed by atoms with Crippen molar-refractivity contribution in [3.8, 4) is 0 Å². The Bertz CT molecular complexity index is 552. The van der Waals surface area contributed by atoms with Gasteiger partial charge in [-0.2, -0.15) is 42.3 Å². The average Bonchev–Trinajstić information content (AvgIpc) is 3.02. The molecule has 1 aromatic rings. The molecule has 3 atom stereocenters. The molecule has 0 heterocycles. The van der Waals surface area contributed by atoms with Gasteiger partial charge in [0.15, 0.2) is 0 Å². The number of hydrogen-bond donors (Lipinski definition) is 0. The zero-order chi connectivity index (χ0) is 22.5. The molecule has 0 saturated heterocycles. The molecule has 0 aliphatic heterocycles. The van der Waals surface area contributed by atoms with E-state index in [1.165, 1.54) is 12.8 Å². The Labute approximate surface area is 192 Å². The number of nitrogens with zero attached hydrogens (tertiary/aromatic N) is 3. The molecular formula is C25H41N3Ti. The zero-order valence-corrected chi connectivity index (χ0v) is 21.3. The Kier molecular flexibility index (Phi) is 22.7. The molecule has 0 saturated carbocycles. The summed E-state index contributed by atoms with van der Waals surface area (Å²) < 4.78 is 0.765. The van der Waals surface area contributed by atoms with Crippen LogP contribution in [-0.2, 0) is 20.4 Å². The first-order chi connectivity index (χ1) is 14.0. The molecule has 1 aromatic carbocycles. The minimum atomic E-state index is 0.718. The van der Waals surface area contributed by atoms with Gasteiger partial charge < -0.3 is 16.0 Å². The summed E-state index contributed by atoms with van der Waals surface area (Å²) in [6.45, 7) is 4.00. The van der Waals surface area contributed by atoms with E-state index in [4.69, 9.17) is 0 Å². The van der Waals surface area contributed by atoms with Gasteiger partial charge in [0.1, 0.15) is 0 Å². The molecule has 3 rings (SSSR count). The third-order valence-corrected chi connectivity index (χ3v) is 5.24. The molecule has 0 fully saturated rings. The van der Waals surface area contributed by atoms with E-state index in [0.29, 0.717) is 0 Å². The van der Waals surface area contributed by atoms with Gasteiger partial charge in [0, 0.05) is 0 Å². The first kappa shape index (κ1) is 30.2. The van der Waals surface area contributed by atoms with Crippen LogP contribution < -0.4 is 0 Å². The SMILES string of the molecule is CC=CC=CC.C[N-]C.C[N-]C.C[N-]C.[Ti+3][CH]1c2ccccc2C2C=CCCC12. The average molecular weight is 431 g/mol. The molecular weight excluding hydrogens is 390 g/mol. The van der Waals surface area contributed by atoms with E-state index < -0.39 is 0 Å². The number of allylic oxidation sites excluding steroid dienone is 6. The van der Waals surface area contributed by atoms with Crippen LogP contribution in [0.1, 0.15) is 48.0 Å². The Balaban J connectivity index is 0. The van der Waals surface area contributed by atoms with Gasteiger partial charge in [0.05, 0.1) is 0 Å². The van der Waals surface area contributed by atoms with Crippen molar-refractivity contribution in [2.45, 2.75) is 36.8 Å². The maximum absolute atomic E-state index is 3.50. The fourth-order valence-electron chi connectivity index (χ4n) is 3.11. The monoisotopic (exact) mass is 431 g/mol. The summed E-state index contributed by atoms with van der Waals surface area (Å²) in [6.07, 6.45) is 15.4. The molecule has 0 amide bonds. The maximum atomic E-state index is 3.50. The van der Waals surface area contributed by atoms with E-state index in [1.807, 2.05) is 38.2 Å². The van der Waals surface area contributed by atoms with E-state index in [2.05, 4.69) is 72.8 Å².